The van der Waals surface area contributed by atoms with Crippen LogP contribution in [0.1, 0.15) is 104 Å². The van der Waals surface area contributed by atoms with E-state index in [1.165, 1.54) is 31.7 Å². The van der Waals surface area contributed by atoms with Crippen molar-refractivity contribution in [1.29, 1.82) is 0 Å². The standard InChI is InChI=1S/C38H51N9O6.2C3H8.C2H6.2C2H2/c1-7-20-45(35(48)23-42-37(50)52-5)25-27(3)44-32(8-2)30-15-11-28(12-16-30)9-10-29-13-17-31(18-14-29)33-22-41-34(47(33)39)26-46(21-19-40-4)36(49)24-43-38(51)53-6;2*1-3-2;3*1-2/h8,11-18,22,27,40,44H,7,19-21,23-26,39H2,1-6H3,(H,42,50)(H,43,51);2*3H2,1-2H3;1-2H3;2*1-2H/b32-8-;;;;;. The van der Waals surface area contributed by atoms with E-state index in [-0.39, 0.29) is 37.5 Å². The highest BCUT2D eigenvalue weighted by Crippen LogP contribution is 2.20. The van der Waals surface area contributed by atoms with Crippen molar-refractivity contribution in [2.24, 2.45) is 0 Å². The Labute approximate surface area is 390 Å². The van der Waals surface area contributed by atoms with Gasteiger partial charge in [-0.25, -0.2) is 19.2 Å². The first-order chi connectivity index (χ1) is 31.4. The Bertz CT molecular complexity index is 1880. The minimum Gasteiger partial charge on any atom is -0.453 e. The van der Waals surface area contributed by atoms with Gasteiger partial charge in [0.25, 0.3) is 0 Å². The number of amides is 4. The second kappa shape index (κ2) is 39.9. The molecule has 358 valence electrons. The second-order valence-electron chi connectivity index (χ2n) is 13.4. The molecule has 15 nitrogen and oxygen atoms in total. The van der Waals surface area contributed by atoms with Gasteiger partial charge >= 0.3 is 12.2 Å². The molecule has 1 atom stereocenters. The summed E-state index contributed by atoms with van der Waals surface area (Å²) in [4.78, 5) is 56.1. The number of terminal acetylenes is 2. The number of nitrogens with zero attached hydrogens (tertiary/aromatic N) is 4. The first-order valence-corrected chi connectivity index (χ1v) is 21.8. The van der Waals surface area contributed by atoms with Gasteiger partial charge in [-0.15, -0.1) is 25.7 Å². The van der Waals surface area contributed by atoms with Gasteiger partial charge in [-0.05, 0) is 57.1 Å². The third-order valence-corrected chi connectivity index (χ3v) is 8.09. The number of methoxy groups -OCH3 is 2. The monoisotopic (exact) mass is 900 g/mol. The Balaban J connectivity index is -0.00000291. The van der Waals surface area contributed by atoms with Crippen molar-refractivity contribution in [2.75, 3.05) is 66.4 Å². The molecule has 0 aliphatic carbocycles. The number of imidazole rings is 1. The van der Waals surface area contributed by atoms with Crippen molar-refractivity contribution in [2.45, 2.75) is 94.2 Å². The molecule has 1 aromatic heterocycles. The van der Waals surface area contributed by atoms with Crippen LogP contribution >= 0.6 is 0 Å². The fourth-order valence-corrected chi connectivity index (χ4v) is 5.27. The van der Waals surface area contributed by atoms with Crippen LogP contribution < -0.4 is 27.1 Å². The molecule has 2 aromatic carbocycles. The topological polar surface area (TPSA) is 185 Å². The predicted octanol–water partition coefficient (Wildman–Crippen LogP) is 6.86. The normalized spacial score (nSPS) is 10.0. The van der Waals surface area contributed by atoms with Crippen LogP contribution in [0.2, 0.25) is 0 Å². The number of likely N-dealkylation sites (N-methyl/N-ethyl adjacent to an activating group) is 1. The number of carbonyl (C=O) groups excluding carboxylic acids is 4. The largest absolute Gasteiger partial charge is 0.453 e. The zero-order valence-electron chi connectivity index (χ0n) is 41.0. The number of nitrogens with one attached hydrogen (secondary N) is 4. The second-order valence-corrected chi connectivity index (χ2v) is 13.4. The van der Waals surface area contributed by atoms with Crippen LogP contribution in [-0.4, -0.2) is 110 Å². The molecule has 0 saturated carbocycles. The fourth-order valence-electron chi connectivity index (χ4n) is 5.27. The quantitative estimate of drug-likeness (QED) is 0.0709. The first kappa shape index (κ1) is 62.4. The van der Waals surface area contributed by atoms with Gasteiger partial charge in [-0.2, -0.15) is 0 Å². The summed E-state index contributed by atoms with van der Waals surface area (Å²) in [6.45, 7) is 20.3. The summed E-state index contributed by atoms with van der Waals surface area (Å²) in [6.07, 6.45) is 21.6. The molecular formula is C50H77N9O6. The van der Waals surface area contributed by atoms with Crippen molar-refractivity contribution in [1.82, 2.24) is 40.7 Å². The van der Waals surface area contributed by atoms with Crippen LogP contribution in [0.4, 0.5) is 9.59 Å². The summed E-state index contributed by atoms with van der Waals surface area (Å²) in [5.74, 6) is 12.8. The van der Waals surface area contributed by atoms with Crippen LogP contribution in [0, 0.1) is 37.5 Å². The molecule has 0 aliphatic heterocycles. The number of aromatic nitrogens is 2. The van der Waals surface area contributed by atoms with Crippen LogP contribution in [0.3, 0.4) is 0 Å². The Morgan fingerprint density at radius 1 is 0.800 bits per heavy atom. The highest BCUT2D eigenvalue weighted by atomic mass is 16.5. The number of hydrogen-bond acceptors (Lipinski definition) is 10. The summed E-state index contributed by atoms with van der Waals surface area (Å²) < 4.78 is 10.6. The van der Waals surface area contributed by atoms with E-state index in [0.717, 1.165) is 34.4 Å². The molecule has 0 aliphatic rings. The molecule has 0 fully saturated rings. The maximum absolute atomic E-state index is 12.8. The molecular weight excluding hydrogens is 823 g/mol. The van der Waals surface area contributed by atoms with Gasteiger partial charge in [0, 0.05) is 54.6 Å². The third-order valence-electron chi connectivity index (χ3n) is 8.09. The molecule has 0 spiro atoms. The number of ether oxygens (including phenoxy) is 2. The van der Waals surface area contributed by atoms with E-state index in [9.17, 15) is 19.2 Å². The van der Waals surface area contributed by atoms with E-state index in [0.29, 0.717) is 37.7 Å². The smallest absolute Gasteiger partial charge is 0.407 e. The number of nitrogens with two attached hydrogens (primary N) is 1. The van der Waals surface area contributed by atoms with Crippen LogP contribution in [-0.2, 0) is 25.6 Å². The first-order valence-electron chi connectivity index (χ1n) is 21.8. The van der Waals surface area contributed by atoms with E-state index < -0.39 is 12.2 Å². The lowest BCUT2D eigenvalue weighted by Crippen LogP contribution is -2.46. The summed E-state index contributed by atoms with van der Waals surface area (Å²) in [5, 5.41) is 11.4. The van der Waals surface area contributed by atoms with Crippen LogP contribution in [0.15, 0.2) is 60.8 Å². The zero-order valence-corrected chi connectivity index (χ0v) is 41.0. The highest BCUT2D eigenvalue weighted by molar-refractivity contribution is 5.83. The Hall–Kier alpha value is -6.89. The number of allylic oxidation sites excluding steroid dienone is 1. The molecule has 0 saturated heterocycles. The van der Waals surface area contributed by atoms with Crippen LogP contribution in [0.25, 0.3) is 17.0 Å². The number of carbonyl (C=O) groups is 4. The Morgan fingerprint density at radius 3 is 1.69 bits per heavy atom. The van der Waals surface area contributed by atoms with E-state index in [1.807, 2.05) is 89.2 Å². The predicted molar refractivity (Wildman–Crippen MR) is 267 cm³/mol. The Kier molecular flexibility index (Phi) is 38.3. The summed E-state index contributed by atoms with van der Waals surface area (Å²) in [7, 11) is 4.28. The molecule has 4 amide bonds. The van der Waals surface area contributed by atoms with Gasteiger partial charge in [0.05, 0.1) is 32.7 Å². The summed E-state index contributed by atoms with van der Waals surface area (Å²) >= 11 is 0. The van der Waals surface area contributed by atoms with E-state index in [2.05, 4.69) is 101 Å². The number of alkyl carbamates (subject to hydrolysis) is 2. The lowest BCUT2D eigenvalue weighted by molar-refractivity contribution is -0.131. The van der Waals surface area contributed by atoms with Gasteiger partial charge < -0.3 is 46.4 Å². The number of rotatable bonds is 17. The van der Waals surface area contributed by atoms with Crippen molar-refractivity contribution < 1.29 is 28.7 Å². The van der Waals surface area contributed by atoms with E-state index >= 15 is 0 Å². The molecule has 3 rings (SSSR count). The average molecular weight is 900 g/mol. The number of hydrogen-bond donors (Lipinski definition) is 5. The highest BCUT2D eigenvalue weighted by Gasteiger charge is 2.20. The molecule has 15 heteroatoms. The minimum absolute atomic E-state index is 0.0501. The van der Waals surface area contributed by atoms with Crippen molar-refractivity contribution in [3.05, 3.63) is 83.3 Å². The SMILES string of the molecule is C#C.C#C.C/C=C(\NC(C)CN(CCC)C(=O)CNC(=O)OC)c1ccc(C#Cc2ccc(-c3cnc(CN(CCNC)C(=O)CNC(=O)OC)n3N)cc2)cc1.CC.CCC.CCC. The number of benzene rings is 2. The van der Waals surface area contributed by atoms with Gasteiger partial charge in [0.2, 0.25) is 11.8 Å². The average Bonchev–Trinajstić information content (AvgIpc) is 3.70. The maximum atomic E-state index is 12.8. The van der Waals surface area contributed by atoms with Gasteiger partial charge in [0.1, 0.15) is 18.9 Å². The fraction of sp³-hybridized carbons (Fsp3) is 0.460. The lowest BCUT2D eigenvalue weighted by Gasteiger charge is -2.27. The molecule has 6 N–H and O–H groups in total. The van der Waals surface area contributed by atoms with Crippen molar-refractivity contribution in [3.63, 3.8) is 0 Å². The minimum atomic E-state index is -0.686. The maximum Gasteiger partial charge on any atom is 0.407 e. The van der Waals surface area contributed by atoms with Gasteiger partial charge in [-0.1, -0.05) is 103 Å². The summed E-state index contributed by atoms with van der Waals surface area (Å²) in [6, 6.07) is 15.5. The molecule has 1 unspecified atom stereocenters. The van der Waals surface area contributed by atoms with Crippen molar-refractivity contribution in [3.8, 4) is 48.8 Å². The summed E-state index contributed by atoms with van der Waals surface area (Å²) in [5.41, 5.74) is 5.09. The third kappa shape index (κ3) is 25.7. The van der Waals surface area contributed by atoms with E-state index in [1.54, 1.807) is 23.0 Å². The van der Waals surface area contributed by atoms with Crippen LogP contribution in [0.5, 0.6) is 0 Å². The zero-order chi connectivity index (χ0) is 50.2. The van der Waals surface area contributed by atoms with E-state index in [4.69, 9.17) is 5.84 Å². The van der Waals surface area contributed by atoms with Gasteiger partial charge in [-0.3, -0.25) is 9.59 Å². The lowest BCUT2D eigenvalue weighted by atomic mass is 10.1. The molecule has 0 bridgehead atoms. The molecule has 65 heavy (non-hydrogen) atoms. The van der Waals surface area contributed by atoms with Gasteiger partial charge in [0.15, 0.2) is 0 Å². The molecule has 3 aromatic rings. The molecule has 1 heterocycles. The number of nitrogen functional groups attached to an aromatic ring is 1. The van der Waals surface area contributed by atoms with Crippen molar-refractivity contribution >= 4 is 29.7 Å². The Morgan fingerprint density at radius 2 is 1.26 bits per heavy atom. The molecule has 0 radical (unpaired) electrons.